The minimum atomic E-state index is -0.914. The Morgan fingerprint density at radius 1 is 1.65 bits per heavy atom. The fourth-order valence-corrected chi connectivity index (χ4v) is 1.80. The molecule has 17 heavy (non-hydrogen) atoms. The van der Waals surface area contributed by atoms with E-state index in [0.29, 0.717) is 11.8 Å². The van der Waals surface area contributed by atoms with Crippen LogP contribution in [-0.4, -0.2) is 27.3 Å². The first kappa shape index (κ1) is 11.7. The lowest BCUT2D eigenvalue weighted by molar-refractivity contribution is -0.139. The summed E-state index contributed by atoms with van der Waals surface area (Å²) in [5.74, 6) is -0.0794. The maximum atomic E-state index is 10.6. The van der Waals surface area contributed by atoms with Crippen LogP contribution in [0, 0.1) is 0 Å². The molecule has 0 bridgehead atoms. The number of nitrogens with one attached hydrogen (secondary N) is 1. The van der Waals surface area contributed by atoms with Crippen LogP contribution in [0.4, 0.5) is 0 Å². The van der Waals surface area contributed by atoms with Gasteiger partial charge in [-0.25, -0.2) is 0 Å². The van der Waals surface area contributed by atoms with Gasteiger partial charge in [-0.1, -0.05) is 6.07 Å². The highest BCUT2D eigenvalue weighted by molar-refractivity contribution is 7.13. The molecular weight excluding hydrogens is 242 g/mol. The summed E-state index contributed by atoms with van der Waals surface area (Å²) >= 11 is 1.51. The second-order valence-electron chi connectivity index (χ2n) is 3.42. The SMILES string of the molecule is CC(NCc1nnc(-c2cccs2)o1)C(=O)O. The summed E-state index contributed by atoms with van der Waals surface area (Å²) in [4.78, 5) is 11.5. The number of carboxylic acids is 1. The lowest BCUT2D eigenvalue weighted by Crippen LogP contribution is -2.33. The van der Waals surface area contributed by atoms with Crippen LogP contribution in [-0.2, 0) is 11.3 Å². The molecule has 0 saturated heterocycles. The number of hydrogen-bond donors (Lipinski definition) is 2. The predicted molar refractivity (Wildman–Crippen MR) is 61.5 cm³/mol. The van der Waals surface area contributed by atoms with Gasteiger partial charge in [0.2, 0.25) is 5.89 Å². The number of aliphatic carboxylic acids is 1. The lowest BCUT2D eigenvalue weighted by atomic mass is 10.3. The Balaban J connectivity index is 1.97. The number of rotatable bonds is 5. The van der Waals surface area contributed by atoms with E-state index in [9.17, 15) is 4.79 Å². The fourth-order valence-electron chi connectivity index (χ4n) is 1.15. The van der Waals surface area contributed by atoms with Gasteiger partial charge in [0.05, 0.1) is 11.4 Å². The van der Waals surface area contributed by atoms with Crippen molar-refractivity contribution >= 4 is 17.3 Å². The van der Waals surface area contributed by atoms with Crippen LogP contribution in [0.3, 0.4) is 0 Å². The minimum absolute atomic E-state index is 0.242. The van der Waals surface area contributed by atoms with E-state index in [-0.39, 0.29) is 6.54 Å². The first-order valence-corrected chi connectivity index (χ1v) is 5.87. The van der Waals surface area contributed by atoms with Crippen LogP contribution in [0.2, 0.25) is 0 Å². The second kappa shape index (κ2) is 5.07. The summed E-state index contributed by atoms with van der Waals surface area (Å²) in [6.07, 6.45) is 0. The Labute approximate surface area is 101 Å². The van der Waals surface area contributed by atoms with Crippen LogP contribution in [0.25, 0.3) is 10.8 Å². The number of aromatic nitrogens is 2. The van der Waals surface area contributed by atoms with E-state index < -0.39 is 12.0 Å². The van der Waals surface area contributed by atoms with Crippen molar-refractivity contribution in [1.82, 2.24) is 15.5 Å². The molecule has 0 spiro atoms. The van der Waals surface area contributed by atoms with Gasteiger partial charge in [-0.15, -0.1) is 21.5 Å². The Hall–Kier alpha value is -1.73. The molecule has 2 aromatic heterocycles. The maximum absolute atomic E-state index is 10.6. The van der Waals surface area contributed by atoms with E-state index in [2.05, 4.69) is 15.5 Å². The number of nitrogens with zero attached hydrogens (tertiary/aromatic N) is 2. The second-order valence-corrected chi connectivity index (χ2v) is 4.37. The van der Waals surface area contributed by atoms with Crippen molar-refractivity contribution in [1.29, 1.82) is 0 Å². The van der Waals surface area contributed by atoms with E-state index in [4.69, 9.17) is 9.52 Å². The summed E-state index contributed by atoms with van der Waals surface area (Å²) in [5.41, 5.74) is 0. The maximum Gasteiger partial charge on any atom is 0.320 e. The first-order valence-electron chi connectivity index (χ1n) is 4.99. The Bertz CT molecular complexity index is 495. The monoisotopic (exact) mass is 253 g/mol. The van der Waals surface area contributed by atoms with E-state index >= 15 is 0 Å². The van der Waals surface area contributed by atoms with Gasteiger partial charge in [-0.3, -0.25) is 10.1 Å². The van der Waals surface area contributed by atoms with Gasteiger partial charge in [0.25, 0.3) is 5.89 Å². The van der Waals surface area contributed by atoms with Gasteiger partial charge in [0.1, 0.15) is 6.04 Å². The number of carbonyl (C=O) groups is 1. The van der Waals surface area contributed by atoms with Gasteiger partial charge in [-0.2, -0.15) is 0 Å². The van der Waals surface area contributed by atoms with Crippen LogP contribution >= 0.6 is 11.3 Å². The third kappa shape index (κ3) is 2.89. The molecule has 7 heteroatoms. The van der Waals surface area contributed by atoms with E-state index in [1.807, 2.05) is 17.5 Å². The van der Waals surface area contributed by atoms with Crippen molar-refractivity contribution in [2.75, 3.05) is 0 Å². The molecule has 90 valence electrons. The minimum Gasteiger partial charge on any atom is -0.480 e. The number of carboxylic acid groups (broad SMARTS) is 1. The molecular formula is C10H11N3O3S. The van der Waals surface area contributed by atoms with Crippen molar-refractivity contribution in [3.05, 3.63) is 23.4 Å². The summed E-state index contributed by atoms with van der Waals surface area (Å²) in [7, 11) is 0. The van der Waals surface area contributed by atoms with Gasteiger partial charge < -0.3 is 9.52 Å². The standard InChI is InChI=1S/C10H11N3O3S/c1-6(10(14)15)11-5-8-12-13-9(16-8)7-3-2-4-17-7/h2-4,6,11H,5H2,1H3,(H,14,15). The molecule has 6 nitrogen and oxygen atoms in total. The molecule has 1 atom stereocenters. The van der Waals surface area contributed by atoms with Crippen molar-refractivity contribution < 1.29 is 14.3 Å². The van der Waals surface area contributed by atoms with Crippen molar-refractivity contribution in [3.8, 4) is 10.8 Å². The molecule has 0 radical (unpaired) electrons. The molecule has 0 amide bonds. The predicted octanol–water partition coefficient (Wildman–Crippen LogP) is 1.36. The Morgan fingerprint density at radius 3 is 3.12 bits per heavy atom. The van der Waals surface area contributed by atoms with Crippen LogP contribution in [0.1, 0.15) is 12.8 Å². The third-order valence-corrected chi connectivity index (χ3v) is 2.99. The van der Waals surface area contributed by atoms with Gasteiger partial charge in [0.15, 0.2) is 0 Å². The van der Waals surface area contributed by atoms with Crippen molar-refractivity contribution in [3.63, 3.8) is 0 Å². The largest absolute Gasteiger partial charge is 0.480 e. The molecule has 1 unspecified atom stereocenters. The van der Waals surface area contributed by atoms with Crippen LogP contribution in [0.15, 0.2) is 21.9 Å². The Morgan fingerprint density at radius 2 is 2.47 bits per heavy atom. The van der Waals surface area contributed by atoms with Crippen LogP contribution < -0.4 is 5.32 Å². The quantitative estimate of drug-likeness (QED) is 0.836. The average Bonchev–Trinajstić information content (AvgIpc) is 2.95. The zero-order chi connectivity index (χ0) is 12.3. The normalized spacial score (nSPS) is 12.5. The summed E-state index contributed by atoms with van der Waals surface area (Å²) in [5, 5.41) is 21.1. The zero-order valence-electron chi connectivity index (χ0n) is 9.08. The molecule has 0 saturated carbocycles. The highest BCUT2D eigenvalue weighted by Crippen LogP contribution is 2.22. The zero-order valence-corrected chi connectivity index (χ0v) is 9.90. The molecule has 2 heterocycles. The molecule has 0 aromatic carbocycles. The first-order chi connectivity index (χ1) is 8.16. The summed E-state index contributed by atoms with van der Waals surface area (Å²) < 4.78 is 5.39. The molecule has 0 aliphatic carbocycles. The molecule has 0 aliphatic heterocycles. The highest BCUT2D eigenvalue weighted by Gasteiger charge is 2.13. The Kier molecular flexibility index (Phi) is 3.50. The third-order valence-electron chi connectivity index (χ3n) is 2.13. The smallest absolute Gasteiger partial charge is 0.320 e. The van der Waals surface area contributed by atoms with Gasteiger partial charge in [0, 0.05) is 0 Å². The average molecular weight is 253 g/mol. The van der Waals surface area contributed by atoms with Gasteiger partial charge >= 0.3 is 5.97 Å². The molecule has 2 N–H and O–H groups in total. The summed E-state index contributed by atoms with van der Waals surface area (Å²) in [6.45, 7) is 1.80. The van der Waals surface area contributed by atoms with E-state index in [1.54, 1.807) is 6.92 Å². The number of thiophene rings is 1. The topological polar surface area (TPSA) is 88.3 Å². The number of hydrogen-bond acceptors (Lipinski definition) is 6. The summed E-state index contributed by atoms with van der Waals surface area (Å²) in [6, 6.07) is 3.14. The molecule has 0 aliphatic rings. The van der Waals surface area contributed by atoms with Crippen molar-refractivity contribution in [2.45, 2.75) is 19.5 Å². The van der Waals surface area contributed by atoms with E-state index in [0.717, 1.165) is 4.88 Å². The molecule has 0 fully saturated rings. The van der Waals surface area contributed by atoms with E-state index in [1.165, 1.54) is 11.3 Å². The molecule has 2 aromatic rings. The fraction of sp³-hybridized carbons (Fsp3) is 0.300. The van der Waals surface area contributed by atoms with Gasteiger partial charge in [-0.05, 0) is 18.4 Å². The van der Waals surface area contributed by atoms with Crippen molar-refractivity contribution in [2.24, 2.45) is 0 Å². The highest BCUT2D eigenvalue weighted by atomic mass is 32.1. The molecule has 2 rings (SSSR count). The lowest BCUT2D eigenvalue weighted by Gasteiger charge is -2.05. The van der Waals surface area contributed by atoms with Crippen LogP contribution in [0.5, 0.6) is 0 Å².